The Morgan fingerprint density at radius 1 is 0.895 bits per heavy atom. The highest BCUT2D eigenvalue weighted by Gasteiger charge is 2.19. The minimum atomic E-state index is -2.68. The van der Waals surface area contributed by atoms with Crippen LogP contribution in [0.25, 0.3) is 0 Å². The highest BCUT2D eigenvalue weighted by atomic mass is 31.1. The molecule has 5 heteroatoms. The monoisotopic (exact) mass is 293 g/mol. The Balaban J connectivity index is 3.08. The molecule has 4 nitrogen and oxygen atoms in total. The Bertz CT molecular complexity index is 212. The van der Waals surface area contributed by atoms with Gasteiger partial charge in [-0.05, 0) is 6.42 Å². The Morgan fingerprint density at radius 3 is 1.74 bits per heavy atom. The fraction of sp³-hybridized carbons (Fsp3) is 1.00. The average Bonchev–Trinajstić information content (AvgIpc) is 2.35. The molecule has 0 saturated carbocycles. The first-order valence-electron chi connectivity index (χ1n) is 7.67. The van der Waals surface area contributed by atoms with Crippen LogP contribution in [0.3, 0.4) is 0 Å². The van der Waals surface area contributed by atoms with Crippen molar-refractivity contribution in [2.45, 2.75) is 90.3 Å². The van der Waals surface area contributed by atoms with E-state index < -0.39 is 14.5 Å². The van der Waals surface area contributed by atoms with Crippen molar-refractivity contribution in [1.29, 1.82) is 0 Å². The maximum atomic E-state index is 10.3. The van der Waals surface area contributed by atoms with Crippen LogP contribution in [-0.4, -0.2) is 16.3 Å². The van der Waals surface area contributed by atoms with Crippen LogP contribution >= 0.6 is 8.25 Å². The Kier molecular flexibility index (Phi) is 14.4. The minimum Gasteiger partial charge on any atom is -0.364 e. The maximum Gasteiger partial charge on any atom is 0.697 e. The quantitative estimate of drug-likeness (QED) is 0.277. The van der Waals surface area contributed by atoms with Gasteiger partial charge in [0, 0.05) is 11.0 Å². The van der Waals surface area contributed by atoms with Crippen molar-refractivity contribution < 1.29 is 19.1 Å². The molecule has 2 unspecified atom stereocenters. The van der Waals surface area contributed by atoms with E-state index in [2.05, 4.69) is 11.4 Å². The molecule has 0 aliphatic carbocycles. The molecular formula is C14H30O4P+. The van der Waals surface area contributed by atoms with E-state index in [-0.39, 0.29) is 0 Å². The third-order valence-corrected chi connectivity index (χ3v) is 3.69. The van der Waals surface area contributed by atoms with Gasteiger partial charge in [0.1, 0.15) is 0 Å². The van der Waals surface area contributed by atoms with E-state index >= 15 is 0 Å². The second-order valence-corrected chi connectivity index (χ2v) is 5.81. The Hall–Kier alpha value is -0.0200. The maximum absolute atomic E-state index is 10.3. The third-order valence-electron chi connectivity index (χ3n) is 3.27. The fourth-order valence-electron chi connectivity index (χ4n) is 2.14. The number of rotatable bonds is 14. The molecule has 0 fully saturated rings. The Labute approximate surface area is 118 Å². The summed E-state index contributed by atoms with van der Waals surface area (Å²) in [5, 5.41) is 9.20. The van der Waals surface area contributed by atoms with Gasteiger partial charge in [-0.1, -0.05) is 75.7 Å². The van der Waals surface area contributed by atoms with Crippen LogP contribution in [-0.2, 0) is 9.09 Å². The van der Waals surface area contributed by atoms with Crippen molar-refractivity contribution in [2.75, 3.05) is 0 Å². The Morgan fingerprint density at radius 2 is 1.32 bits per heavy atom. The first-order valence-corrected chi connectivity index (χ1v) is 8.80. The fourth-order valence-corrected chi connectivity index (χ4v) is 2.45. The first kappa shape index (κ1) is 19.0. The molecule has 0 saturated heterocycles. The average molecular weight is 293 g/mol. The molecule has 0 spiro atoms. The van der Waals surface area contributed by atoms with E-state index in [9.17, 15) is 9.67 Å². The lowest BCUT2D eigenvalue weighted by atomic mass is 10.1. The van der Waals surface area contributed by atoms with Gasteiger partial charge in [-0.3, -0.25) is 0 Å². The SMILES string of the molecule is CCCCCCCCCCCCCC(O)O[P+](=O)O. The van der Waals surface area contributed by atoms with Crippen LogP contribution in [0.5, 0.6) is 0 Å². The van der Waals surface area contributed by atoms with E-state index in [1.54, 1.807) is 0 Å². The molecule has 114 valence electrons. The van der Waals surface area contributed by atoms with Crippen LogP contribution in [0, 0.1) is 0 Å². The van der Waals surface area contributed by atoms with E-state index in [1.165, 1.54) is 57.8 Å². The molecule has 0 bridgehead atoms. The second kappa shape index (κ2) is 14.4. The van der Waals surface area contributed by atoms with Gasteiger partial charge in [-0.25, -0.2) is 0 Å². The molecule has 0 aromatic rings. The summed E-state index contributed by atoms with van der Waals surface area (Å²) in [6.45, 7) is 2.24. The van der Waals surface area contributed by atoms with E-state index in [1.807, 2.05) is 0 Å². The number of hydrogen-bond acceptors (Lipinski definition) is 3. The van der Waals surface area contributed by atoms with Crippen LogP contribution < -0.4 is 0 Å². The molecule has 19 heavy (non-hydrogen) atoms. The van der Waals surface area contributed by atoms with Crippen molar-refractivity contribution in [1.82, 2.24) is 0 Å². The predicted octanol–water partition coefficient (Wildman–Crippen LogP) is 4.67. The molecule has 0 aromatic heterocycles. The van der Waals surface area contributed by atoms with Gasteiger partial charge in [0.15, 0.2) is 0 Å². The molecule has 0 radical (unpaired) electrons. The minimum absolute atomic E-state index is 0.443. The molecule has 0 aliphatic rings. The van der Waals surface area contributed by atoms with Gasteiger partial charge < -0.3 is 5.11 Å². The molecular weight excluding hydrogens is 263 g/mol. The lowest BCUT2D eigenvalue weighted by Gasteiger charge is -2.04. The van der Waals surface area contributed by atoms with Crippen molar-refractivity contribution >= 4 is 8.25 Å². The summed E-state index contributed by atoms with van der Waals surface area (Å²) in [5.41, 5.74) is 0. The van der Waals surface area contributed by atoms with Crippen LogP contribution in [0.4, 0.5) is 0 Å². The summed E-state index contributed by atoms with van der Waals surface area (Å²) in [6, 6.07) is 0. The summed E-state index contributed by atoms with van der Waals surface area (Å²) in [7, 11) is -2.68. The highest BCUT2D eigenvalue weighted by Crippen LogP contribution is 2.20. The molecule has 2 N–H and O–H groups in total. The van der Waals surface area contributed by atoms with E-state index in [0.717, 1.165) is 12.8 Å². The molecule has 0 aliphatic heterocycles. The summed E-state index contributed by atoms with van der Waals surface area (Å²) in [6.07, 6.45) is 13.1. The third kappa shape index (κ3) is 15.9. The van der Waals surface area contributed by atoms with Gasteiger partial charge in [0.2, 0.25) is 6.29 Å². The van der Waals surface area contributed by atoms with E-state index in [4.69, 9.17) is 4.89 Å². The normalized spacial score (nSPS) is 13.5. The standard InChI is InChI=1S/C14H29O4P/c1-2-3-4-5-6-7-8-9-10-11-12-13-14(15)18-19(16)17/h14-15H,2-13H2,1H3/p+1. The largest absolute Gasteiger partial charge is 0.697 e. The lowest BCUT2D eigenvalue weighted by molar-refractivity contribution is -0.0257. The predicted molar refractivity (Wildman–Crippen MR) is 78.0 cm³/mol. The van der Waals surface area contributed by atoms with Crippen molar-refractivity contribution in [2.24, 2.45) is 0 Å². The second-order valence-electron chi connectivity index (χ2n) is 5.12. The molecule has 0 rings (SSSR count). The molecule has 0 aromatic carbocycles. The van der Waals surface area contributed by atoms with Gasteiger partial charge in [-0.2, -0.15) is 0 Å². The molecule has 0 heterocycles. The smallest absolute Gasteiger partial charge is 0.364 e. The van der Waals surface area contributed by atoms with Crippen molar-refractivity contribution in [3.63, 3.8) is 0 Å². The van der Waals surface area contributed by atoms with Crippen LogP contribution in [0.1, 0.15) is 84.0 Å². The zero-order chi connectivity index (χ0) is 14.3. The number of aliphatic hydroxyl groups excluding tert-OH is 1. The first-order chi connectivity index (χ1) is 9.16. The number of aliphatic hydroxyl groups is 1. The van der Waals surface area contributed by atoms with E-state index in [0.29, 0.717) is 6.42 Å². The number of hydrogen-bond donors (Lipinski definition) is 2. The highest BCUT2D eigenvalue weighted by molar-refractivity contribution is 7.32. The molecule has 0 amide bonds. The summed E-state index contributed by atoms with van der Waals surface area (Å²) in [5.74, 6) is 0. The summed E-state index contributed by atoms with van der Waals surface area (Å²) in [4.78, 5) is 8.43. The topological polar surface area (TPSA) is 66.8 Å². The van der Waals surface area contributed by atoms with Gasteiger partial charge >= 0.3 is 8.25 Å². The lowest BCUT2D eigenvalue weighted by Crippen LogP contribution is -2.06. The zero-order valence-corrected chi connectivity index (χ0v) is 13.1. The van der Waals surface area contributed by atoms with Crippen molar-refractivity contribution in [3.05, 3.63) is 0 Å². The summed E-state index contributed by atoms with van der Waals surface area (Å²) < 4.78 is 14.6. The summed E-state index contributed by atoms with van der Waals surface area (Å²) >= 11 is 0. The van der Waals surface area contributed by atoms with Crippen LogP contribution in [0.2, 0.25) is 0 Å². The zero-order valence-electron chi connectivity index (χ0n) is 12.2. The van der Waals surface area contributed by atoms with Gasteiger partial charge in [0.05, 0.1) is 0 Å². The molecule has 2 atom stereocenters. The van der Waals surface area contributed by atoms with Gasteiger partial charge in [0.25, 0.3) is 0 Å². The van der Waals surface area contributed by atoms with Gasteiger partial charge in [-0.15, -0.1) is 4.89 Å². The van der Waals surface area contributed by atoms with Crippen molar-refractivity contribution in [3.8, 4) is 0 Å². The number of unbranched alkanes of at least 4 members (excludes halogenated alkanes) is 10. The van der Waals surface area contributed by atoms with Crippen LogP contribution in [0.15, 0.2) is 0 Å².